The van der Waals surface area contributed by atoms with Gasteiger partial charge < -0.3 is 5.32 Å². The van der Waals surface area contributed by atoms with Crippen molar-refractivity contribution < 1.29 is 8.78 Å². The van der Waals surface area contributed by atoms with E-state index in [0.717, 1.165) is 12.5 Å². The first-order valence-electron chi connectivity index (χ1n) is 5.38. The highest BCUT2D eigenvalue weighted by Gasteiger charge is 2.25. The molecule has 0 aliphatic rings. The van der Waals surface area contributed by atoms with E-state index in [9.17, 15) is 8.78 Å². The van der Waals surface area contributed by atoms with Crippen molar-refractivity contribution in [1.82, 2.24) is 5.32 Å². The summed E-state index contributed by atoms with van der Waals surface area (Å²) in [4.78, 5) is 0. The monoisotopic (exact) mass is 281 g/mol. The van der Waals surface area contributed by atoms with Gasteiger partial charge in [-0.15, -0.1) is 23.2 Å². The Labute approximate surface area is 110 Å². The molecule has 0 fully saturated rings. The van der Waals surface area contributed by atoms with Crippen LogP contribution in [0, 0.1) is 11.6 Å². The average molecular weight is 282 g/mol. The first-order chi connectivity index (χ1) is 8.06. The van der Waals surface area contributed by atoms with Crippen LogP contribution in [0.3, 0.4) is 0 Å². The molecule has 0 saturated carbocycles. The molecule has 96 valence electrons. The van der Waals surface area contributed by atoms with Crippen molar-refractivity contribution in [3.63, 3.8) is 0 Å². The van der Waals surface area contributed by atoms with Crippen LogP contribution in [0.2, 0.25) is 0 Å². The lowest BCUT2D eigenvalue weighted by molar-refractivity contribution is 0.380. The van der Waals surface area contributed by atoms with Crippen LogP contribution in [-0.2, 0) is 6.54 Å². The predicted octanol–water partition coefficient (Wildman–Crippen LogP) is 3.68. The van der Waals surface area contributed by atoms with Crippen LogP contribution < -0.4 is 5.32 Å². The molecule has 1 aromatic carbocycles. The highest BCUT2D eigenvalue weighted by molar-refractivity contribution is 6.22. The SMILES string of the molecule is CCC(CCl)(CCl)NCc1ccc(F)cc1F. The van der Waals surface area contributed by atoms with Gasteiger partial charge in [0.05, 0.1) is 0 Å². The van der Waals surface area contributed by atoms with Crippen molar-refractivity contribution in [1.29, 1.82) is 0 Å². The minimum atomic E-state index is -0.581. The minimum Gasteiger partial charge on any atom is -0.305 e. The van der Waals surface area contributed by atoms with Crippen molar-refractivity contribution in [2.75, 3.05) is 11.8 Å². The minimum absolute atomic E-state index is 0.277. The van der Waals surface area contributed by atoms with Gasteiger partial charge in [0.15, 0.2) is 0 Å². The Balaban J connectivity index is 2.72. The quantitative estimate of drug-likeness (QED) is 0.785. The van der Waals surface area contributed by atoms with Crippen LogP contribution in [0.1, 0.15) is 18.9 Å². The fourth-order valence-corrected chi connectivity index (χ4v) is 2.24. The van der Waals surface area contributed by atoms with Gasteiger partial charge in [-0.2, -0.15) is 0 Å². The van der Waals surface area contributed by atoms with Crippen molar-refractivity contribution in [2.24, 2.45) is 0 Å². The molecule has 0 aliphatic heterocycles. The van der Waals surface area contributed by atoms with Gasteiger partial charge in [-0.05, 0) is 12.5 Å². The Morgan fingerprint density at radius 1 is 1.24 bits per heavy atom. The van der Waals surface area contributed by atoms with Crippen molar-refractivity contribution >= 4 is 23.2 Å². The van der Waals surface area contributed by atoms with Gasteiger partial charge in [0.25, 0.3) is 0 Å². The lowest BCUT2D eigenvalue weighted by Crippen LogP contribution is -2.48. The molecule has 0 amide bonds. The summed E-state index contributed by atoms with van der Waals surface area (Å²) in [5.41, 5.74) is -0.0105. The van der Waals surface area contributed by atoms with Gasteiger partial charge in [0.1, 0.15) is 11.6 Å². The third-order valence-electron chi connectivity index (χ3n) is 2.86. The van der Waals surface area contributed by atoms with E-state index in [2.05, 4.69) is 5.32 Å². The summed E-state index contributed by atoms with van der Waals surface area (Å²) in [6, 6.07) is 3.52. The van der Waals surface area contributed by atoms with Crippen LogP contribution in [0.4, 0.5) is 8.78 Å². The van der Waals surface area contributed by atoms with Crippen molar-refractivity contribution in [2.45, 2.75) is 25.4 Å². The highest BCUT2D eigenvalue weighted by atomic mass is 35.5. The second-order valence-electron chi connectivity index (χ2n) is 3.99. The molecule has 0 bridgehead atoms. The zero-order chi connectivity index (χ0) is 12.9. The molecule has 0 aromatic heterocycles. The third-order valence-corrected chi connectivity index (χ3v) is 3.88. The van der Waals surface area contributed by atoms with Crippen LogP contribution in [0.5, 0.6) is 0 Å². The summed E-state index contributed by atoms with van der Waals surface area (Å²) in [5.74, 6) is -0.458. The van der Waals surface area contributed by atoms with Gasteiger partial charge in [-0.3, -0.25) is 0 Å². The number of halogens is 4. The van der Waals surface area contributed by atoms with E-state index in [1.807, 2.05) is 6.92 Å². The Bertz CT molecular complexity index is 359. The lowest BCUT2D eigenvalue weighted by atomic mass is 10.0. The van der Waals surface area contributed by atoms with Gasteiger partial charge in [0.2, 0.25) is 0 Å². The van der Waals surface area contributed by atoms with Crippen molar-refractivity contribution in [3.8, 4) is 0 Å². The number of nitrogens with one attached hydrogen (secondary N) is 1. The Morgan fingerprint density at radius 2 is 1.88 bits per heavy atom. The summed E-state index contributed by atoms with van der Waals surface area (Å²) in [5, 5.41) is 3.13. The maximum absolute atomic E-state index is 13.4. The maximum Gasteiger partial charge on any atom is 0.130 e. The standard InChI is InChI=1S/C12H15Cl2F2N/c1-2-12(7-13,8-14)17-6-9-3-4-10(15)5-11(9)16/h3-5,17H,2,6-8H2,1H3. The molecule has 1 aromatic rings. The van der Waals surface area contributed by atoms with Crippen molar-refractivity contribution in [3.05, 3.63) is 35.4 Å². The molecule has 1 nitrogen and oxygen atoms in total. The number of benzene rings is 1. The van der Waals surface area contributed by atoms with Gasteiger partial charge in [-0.1, -0.05) is 13.0 Å². The van der Waals surface area contributed by atoms with Gasteiger partial charge in [-0.25, -0.2) is 8.78 Å². The molecule has 0 saturated heterocycles. The summed E-state index contributed by atoms with van der Waals surface area (Å²) < 4.78 is 26.1. The molecule has 0 heterocycles. The fourth-order valence-electron chi connectivity index (χ4n) is 1.39. The number of rotatable bonds is 6. The normalized spacial score (nSPS) is 11.8. The predicted molar refractivity (Wildman–Crippen MR) is 67.7 cm³/mol. The largest absolute Gasteiger partial charge is 0.305 e. The zero-order valence-corrected chi connectivity index (χ0v) is 11.1. The second kappa shape index (κ2) is 6.53. The molecule has 0 radical (unpaired) electrons. The summed E-state index contributed by atoms with van der Waals surface area (Å²) in [6.07, 6.45) is 0.739. The highest BCUT2D eigenvalue weighted by Crippen LogP contribution is 2.17. The molecule has 0 spiro atoms. The maximum atomic E-state index is 13.4. The van der Waals surface area contributed by atoms with E-state index in [1.54, 1.807) is 0 Å². The molecular weight excluding hydrogens is 267 g/mol. The molecule has 1 N–H and O–H groups in total. The molecule has 17 heavy (non-hydrogen) atoms. The average Bonchev–Trinajstić information content (AvgIpc) is 2.33. The molecule has 0 aliphatic carbocycles. The molecule has 0 atom stereocenters. The molecule has 5 heteroatoms. The van der Waals surface area contributed by atoms with Crippen LogP contribution >= 0.6 is 23.2 Å². The number of hydrogen-bond acceptors (Lipinski definition) is 1. The van der Waals surface area contributed by atoms with E-state index in [4.69, 9.17) is 23.2 Å². The summed E-state index contributed by atoms with van der Waals surface area (Å²) in [7, 11) is 0. The lowest BCUT2D eigenvalue weighted by Gasteiger charge is -2.29. The van der Waals surface area contributed by atoms with E-state index >= 15 is 0 Å². The van der Waals surface area contributed by atoms with Crippen LogP contribution in [0.25, 0.3) is 0 Å². The summed E-state index contributed by atoms with van der Waals surface area (Å²) >= 11 is 11.7. The smallest absolute Gasteiger partial charge is 0.130 e. The second-order valence-corrected chi connectivity index (χ2v) is 4.52. The van der Waals surface area contributed by atoms with Crippen LogP contribution in [-0.4, -0.2) is 17.3 Å². The third kappa shape index (κ3) is 3.80. The van der Waals surface area contributed by atoms with E-state index in [-0.39, 0.29) is 6.54 Å². The fraction of sp³-hybridized carbons (Fsp3) is 0.500. The van der Waals surface area contributed by atoms with Crippen LogP contribution in [0.15, 0.2) is 18.2 Å². The Hall–Kier alpha value is -0.380. The number of hydrogen-bond donors (Lipinski definition) is 1. The molecule has 1 rings (SSSR count). The Kier molecular flexibility index (Phi) is 5.63. The zero-order valence-electron chi connectivity index (χ0n) is 9.57. The van der Waals surface area contributed by atoms with E-state index in [1.165, 1.54) is 12.1 Å². The van der Waals surface area contributed by atoms with E-state index < -0.39 is 17.2 Å². The summed E-state index contributed by atoms with van der Waals surface area (Å²) in [6.45, 7) is 2.23. The first kappa shape index (κ1) is 14.7. The number of alkyl halides is 2. The van der Waals surface area contributed by atoms with Gasteiger partial charge in [0, 0.05) is 35.5 Å². The topological polar surface area (TPSA) is 12.0 Å². The Morgan fingerprint density at radius 3 is 2.35 bits per heavy atom. The van der Waals surface area contributed by atoms with Gasteiger partial charge >= 0.3 is 0 Å². The first-order valence-corrected chi connectivity index (χ1v) is 6.44. The molecule has 0 unspecified atom stereocenters. The molecular formula is C12H15Cl2F2N. The van der Waals surface area contributed by atoms with E-state index in [0.29, 0.717) is 17.3 Å².